The Morgan fingerprint density at radius 2 is 1.64 bits per heavy atom. The SMILES string of the molecule is CN(C)c1ccc(NC(=O)C2CC2)cc1CN(C(=O)C1CC1)C1CCCCC1. The molecule has 28 heavy (non-hydrogen) atoms. The number of nitrogens with one attached hydrogen (secondary N) is 1. The first-order chi connectivity index (χ1) is 13.5. The molecular weight excluding hydrogens is 350 g/mol. The largest absolute Gasteiger partial charge is 0.377 e. The van der Waals surface area contributed by atoms with Crippen molar-refractivity contribution in [2.24, 2.45) is 11.8 Å². The smallest absolute Gasteiger partial charge is 0.227 e. The predicted molar refractivity (Wildman–Crippen MR) is 112 cm³/mol. The Labute approximate surface area is 168 Å². The highest BCUT2D eigenvalue weighted by molar-refractivity contribution is 5.94. The second kappa shape index (κ2) is 8.14. The van der Waals surface area contributed by atoms with Crippen LogP contribution in [0.4, 0.5) is 11.4 Å². The molecule has 0 radical (unpaired) electrons. The normalized spacial score (nSPS) is 19.9. The summed E-state index contributed by atoms with van der Waals surface area (Å²) in [4.78, 5) is 29.5. The fraction of sp³-hybridized carbons (Fsp3) is 0.652. The van der Waals surface area contributed by atoms with Crippen LogP contribution in [0, 0.1) is 11.8 Å². The Morgan fingerprint density at radius 3 is 2.25 bits per heavy atom. The molecule has 3 aliphatic carbocycles. The molecule has 1 aromatic rings. The summed E-state index contributed by atoms with van der Waals surface area (Å²) in [5, 5.41) is 3.07. The first kappa shape index (κ1) is 19.3. The van der Waals surface area contributed by atoms with Crippen molar-refractivity contribution in [3.05, 3.63) is 23.8 Å². The monoisotopic (exact) mass is 383 g/mol. The zero-order valence-corrected chi connectivity index (χ0v) is 17.2. The summed E-state index contributed by atoms with van der Waals surface area (Å²) in [7, 11) is 4.07. The van der Waals surface area contributed by atoms with Crippen molar-refractivity contribution in [1.29, 1.82) is 0 Å². The Bertz CT molecular complexity index is 731. The van der Waals surface area contributed by atoms with Crippen LogP contribution in [-0.4, -0.2) is 36.9 Å². The van der Waals surface area contributed by atoms with E-state index in [-0.39, 0.29) is 17.7 Å². The maximum absolute atomic E-state index is 13.1. The van der Waals surface area contributed by atoms with E-state index in [9.17, 15) is 9.59 Å². The summed E-state index contributed by atoms with van der Waals surface area (Å²) in [5.74, 6) is 0.889. The van der Waals surface area contributed by atoms with E-state index in [1.165, 1.54) is 19.3 Å². The zero-order chi connectivity index (χ0) is 19.7. The highest BCUT2D eigenvalue weighted by Gasteiger charge is 2.37. The molecule has 0 unspecified atom stereocenters. The molecule has 0 aliphatic heterocycles. The van der Waals surface area contributed by atoms with Gasteiger partial charge in [-0.3, -0.25) is 9.59 Å². The number of amides is 2. The summed E-state index contributed by atoms with van der Waals surface area (Å²) in [6, 6.07) is 6.48. The molecule has 152 valence electrons. The molecule has 0 bridgehead atoms. The third-order valence-corrected chi connectivity index (χ3v) is 6.34. The Morgan fingerprint density at radius 1 is 0.964 bits per heavy atom. The van der Waals surface area contributed by atoms with E-state index < -0.39 is 0 Å². The molecule has 1 N–H and O–H groups in total. The van der Waals surface area contributed by atoms with E-state index in [0.717, 1.165) is 55.5 Å². The number of nitrogens with zero attached hydrogens (tertiary/aromatic N) is 2. The highest BCUT2D eigenvalue weighted by atomic mass is 16.2. The lowest BCUT2D eigenvalue weighted by molar-refractivity contribution is -0.136. The molecule has 3 saturated carbocycles. The average Bonchev–Trinajstić information content (AvgIpc) is 3.58. The van der Waals surface area contributed by atoms with Crippen LogP contribution >= 0.6 is 0 Å². The van der Waals surface area contributed by atoms with Crippen LogP contribution in [-0.2, 0) is 16.1 Å². The highest BCUT2D eigenvalue weighted by Crippen LogP contribution is 2.36. The van der Waals surface area contributed by atoms with Crippen LogP contribution in [0.1, 0.15) is 63.4 Å². The maximum Gasteiger partial charge on any atom is 0.227 e. The van der Waals surface area contributed by atoms with Gasteiger partial charge in [-0.1, -0.05) is 19.3 Å². The molecule has 2 amide bonds. The van der Waals surface area contributed by atoms with Gasteiger partial charge in [-0.15, -0.1) is 0 Å². The summed E-state index contributed by atoms with van der Waals surface area (Å²) in [6.07, 6.45) is 10.0. The van der Waals surface area contributed by atoms with Crippen LogP contribution in [0.25, 0.3) is 0 Å². The van der Waals surface area contributed by atoms with Crippen molar-refractivity contribution >= 4 is 23.2 Å². The van der Waals surface area contributed by atoms with Crippen molar-refractivity contribution < 1.29 is 9.59 Å². The van der Waals surface area contributed by atoms with Crippen molar-refractivity contribution in [3.8, 4) is 0 Å². The van der Waals surface area contributed by atoms with Gasteiger partial charge in [0.05, 0.1) is 0 Å². The number of carbonyl (C=O) groups is 2. The minimum absolute atomic E-state index is 0.127. The van der Waals surface area contributed by atoms with E-state index in [4.69, 9.17) is 0 Å². The van der Waals surface area contributed by atoms with Gasteiger partial charge < -0.3 is 15.1 Å². The van der Waals surface area contributed by atoms with Crippen LogP contribution < -0.4 is 10.2 Å². The van der Waals surface area contributed by atoms with E-state index in [1.807, 2.05) is 20.2 Å². The molecule has 0 saturated heterocycles. The number of hydrogen-bond donors (Lipinski definition) is 1. The van der Waals surface area contributed by atoms with Crippen molar-refractivity contribution in [1.82, 2.24) is 4.90 Å². The van der Waals surface area contributed by atoms with Crippen molar-refractivity contribution in [2.75, 3.05) is 24.3 Å². The molecule has 3 aliphatic rings. The van der Waals surface area contributed by atoms with Crippen molar-refractivity contribution in [2.45, 2.75) is 70.4 Å². The standard InChI is InChI=1S/C23H33N3O2/c1-25(2)21-13-12-19(24-22(27)16-8-9-16)14-18(21)15-26(23(28)17-10-11-17)20-6-4-3-5-7-20/h12-14,16-17,20H,3-11,15H2,1-2H3,(H,24,27). The maximum atomic E-state index is 13.1. The lowest BCUT2D eigenvalue weighted by atomic mass is 9.93. The van der Waals surface area contributed by atoms with Gasteiger partial charge in [0.2, 0.25) is 11.8 Å². The molecule has 5 heteroatoms. The zero-order valence-electron chi connectivity index (χ0n) is 17.2. The molecule has 0 heterocycles. The van der Waals surface area contributed by atoms with Gasteiger partial charge in [-0.05, 0) is 62.3 Å². The van der Waals surface area contributed by atoms with Gasteiger partial charge >= 0.3 is 0 Å². The third-order valence-electron chi connectivity index (χ3n) is 6.34. The molecule has 4 rings (SSSR count). The number of carbonyl (C=O) groups excluding carboxylic acids is 2. The van der Waals surface area contributed by atoms with Gasteiger partial charge in [0.1, 0.15) is 0 Å². The molecule has 0 atom stereocenters. The number of anilines is 2. The number of benzene rings is 1. The summed E-state index contributed by atoms with van der Waals surface area (Å²) < 4.78 is 0. The predicted octanol–water partition coefficient (Wildman–Crippen LogP) is 4.17. The van der Waals surface area contributed by atoms with Crippen LogP contribution in [0.2, 0.25) is 0 Å². The first-order valence-electron chi connectivity index (χ1n) is 10.9. The molecule has 1 aromatic carbocycles. The molecule has 5 nitrogen and oxygen atoms in total. The van der Waals surface area contributed by atoms with Gasteiger partial charge in [0, 0.05) is 49.9 Å². The van der Waals surface area contributed by atoms with Crippen LogP contribution in [0.15, 0.2) is 18.2 Å². The summed E-state index contributed by atoms with van der Waals surface area (Å²) in [6.45, 7) is 0.640. The number of rotatable bonds is 7. The molecule has 0 aromatic heterocycles. The third kappa shape index (κ3) is 4.50. The van der Waals surface area contributed by atoms with Crippen LogP contribution in [0.3, 0.4) is 0 Å². The van der Waals surface area contributed by atoms with Crippen LogP contribution in [0.5, 0.6) is 0 Å². The van der Waals surface area contributed by atoms with Gasteiger partial charge in [0.25, 0.3) is 0 Å². The lowest BCUT2D eigenvalue weighted by Gasteiger charge is -2.35. The van der Waals surface area contributed by atoms with E-state index in [2.05, 4.69) is 27.2 Å². The molecule has 0 spiro atoms. The molecular formula is C23H33N3O2. The van der Waals surface area contributed by atoms with E-state index in [1.54, 1.807) is 0 Å². The van der Waals surface area contributed by atoms with Crippen molar-refractivity contribution in [3.63, 3.8) is 0 Å². The Balaban J connectivity index is 1.57. The van der Waals surface area contributed by atoms with E-state index in [0.29, 0.717) is 18.5 Å². The summed E-state index contributed by atoms with van der Waals surface area (Å²) >= 11 is 0. The second-order valence-corrected chi connectivity index (χ2v) is 9.03. The van der Waals surface area contributed by atoms with Gasteiger partial charge in [-0.25, -0.2) is 0 Å². The number of hydrogen-bond acceptors (Lipinski definition) is 3. The lowest BCUT2D eigenvalue weighted by Crippen LogP contribution is -2.42. The molecule has 3 fully saturated rings. The average molecular weight is 384 g/mol. The Kier molecular flexibility index (Phi) is 5.61. The fourth-order valence-electron chi connectivity index (χ4n) is 4.34. The van der Waals surface area contributed by atoms with E-state index >= 15 is 0 Å². The summed E-state index contributed by atoms with van der Waals surface area (Å²) in [5.41, 5.74) is 3.09. The minimum atomic E-state index is 0.127. The Hall–Kier alpha value is -2.04. The fourth-order valence-corrected chi connectivity index (χ4v) is 4.34. The first-order valence-corrected chi connectivity index (χ1v) is 10.9. The minimum Gasteiger partial charge on any atom is -0.377 e. The van der Waals surface area contributed by atoms with Gasteiger partial charge in [0.15, 0.2) is 0 Å². The van der Waals surface area contributed by atoms with Gasteiger partial charge in [-0.2, -0.15) is 0 Å². The second-order valence-electron chi connectivity index (χ2n) is 9.03. The topological polar surface area (TPSA) is 52.7 Å². The quantitative estimate of drug-likeness (QED) is 0.769.